The van der Waals surface area contributed by atoms with Gasteiger partial charge in [-0.15, -0.1) is 0 Å². The van der Waals surface area contributed by atoms with Gasteiger partial charge in [0.15, 0.2) is 0 Å². The predicted octanol–water partition coefficient (Wildman–Crippen LogP) is 3.00. The second kappa shape index (κ2) is 5.91. The molecule has 1 atom stereocenters. The monoisotopic (exact) mass is 226 g/mol. The van der Waals surface area contributed by atoms with Crippen molar-refractivity contribution in [3.05, 3.63) is 24.3 Å². The van der Waals surface area contributed by atoms with E-state index in [0.29, 0.717) is 6.42 Å². The fourth-order valence-electron chi connectivity index (χ4n) is 1.21. The van der Waals surface area contributed by atoms with E-state index < -0.39 is 6.61 Å². The average molecular weight is 226 g/mol. The van der Waals surface area contributed by atoms with Crippen LogP contribution in [0.5, 0.6) is 5.75 Å². The first-order chi connectivity index (χ1) is 7.61. The summed E-state index contributed by atoms with van der Waals surface area (Å²) in [5.74, 6) is 0.119. The molecule has 0 aliphatic rings. The summed E-state index contributed by atoms with van der Waals surface area (Å²) in [4.78, 5) is 0. The third kappa shape index (κ3) is 4.13. The first-order valence-corrected chi connectivity index (χ1v) is 4.80. The van der Waals surface area contributed by atoms with Crippen molar-refractivity contribution in [2.75, 3.05) is 5.32 Å². The zero-order valence-electron chi connectivity index (χ0n) is 8.78. The Balaban J connectivity index is 2.55. The number of alkyl halides is 2. The summed E-state index contributed by atoms with van der Waals surface area (Å²) in [5, 5.41) is 11.5. The van der Waals surface area contributed by atoms with Crippen LogP contribution in [0.3, 0.4) is 0 Å². The molecule has 0 aliphatic carbocycles. The highest BCUT2D eigenvalue weighted by atomic mass is 19.3. The van der Waals surface area contributed by atoms with Crippen molar-refractivity contribution in [2.45, 2.75) is 26.0 Å². The predicted molar refractivity (Wildman–Crippen MR) is 56.4 cm³/mol. The Hall–Kier alpha value is -1.83. The highest BCUT2D eigenvalue weighted by Gasteiger charge is 2.04. The van der Waals surface area contributed by atoms with Crippen molar-refractivity contribution in [3.63, 3.8) is 0 Å². The second-order valence-corrected chi connectivity index (χ2v) is 3.31. The number of benzene rings is 1. The van der Waals surface area contributed by atoms with Gasteiger partial charge in [-0.05, 0) is 31.2 Å². The topological polar surface area (TPSA) is 45.0 Å². The Morgan fingerprint density at radius 1 is 1.38 bits per heavy atom. The Morgan fingerprint density at radius 2 is 2.00 bits per heavy atom. The summed E-state index contributed by atoms with van der Waals surface area (Å²) in [7, 11) is 0. The Morgan fingerprint density at radius 3 is 2.50 bits per heavy atom. The fourth-order valence-corrected chi connectivity index (χ4v) is 1.21. The molecule has 0 spiro atoms. The third-order valence-corrected chi connectivity index (χ3v) is 1.89. The van der Waals surface area contributed by atoms with E-state index in [1.807, 2.05) is 13.0 Å². The smallest absolute Gasteiger partial charge is 0.387 e. The van der Waals surface area contributed by atoms with Crippen molar-refractivity contribution in [3.8, 4) is 11.8 Å². The molecule has 0 aromatic heterocycles. The van der Waals surface area contributed by atoms with Crippen LogP contribution >= 0.6 is 0 Å². The summed E-state index contributed by atoms with van der Waals surface area (Å²) in [6, 6.07) is 8.22. The van der Waals surface area contributed by atoms with Crippen LogP contribution in [-0.2, 0) is 0 Å². The number of halogens is 2. The molecule has 0 saturated carbocycles. The van der Waals surface area contributed by atoms with Gasteiger partial charge >= 0.3 is 6.61 Å². The molecule has 1 rings (SSSR count). The Bertz CT molecular complexity index is 359. The molecule has 16 heavy (non-hydrogen) atoms. The molecule has 5 heteroatoms. The highest BCUT2D eigenvalue weighted by molar-refractivity contribution is 5.47. The number of nitrogens with one attached hydrogen (secondary N) is 1. The molecule has 0 radical (unpaired) electrons. The highest BCUT2D eigenvalue weighted by Crippen LogP contribution is 2.18. The van der Waals surface area contributed by atoms with Crippen LogP contribution in [0.25, 0.3) is 0 Å². The second-order valence-electron chi connectivity index (χ2n) is 3.31. The summed E-state index contributed by atoms with van der Waals surface area (Å²) < 4.78 is 27.9. The number of nitriles is 1. The van der Waals surface area contributed by atoms with Crippen molar-refractivity contribution >= 4 is 5.69 Å². The molecule has 0 heterocycles. The van der Waals surface area contributed by atoms with Crippen LogP contribution in [0.1, 0.15) is 13.3 Å². The van der Waals surface area contributed by atoms with Crippen LogP contribution in [0.4, 0.5) is 14.5 Å². The van der Waals surface area contributed by atoms with Crippen LogP contribution in [0, 0.1) is 11.3 Å². The van der Waals surface area contributed by atoms with Gasteiger partial charge in [-0.2, -0.15) is 14.0 Å². The lowest BCUT2D eigenvalue weighted by molar-refractivity contribution is -0.0498. The van der Waals surface area contributed by atoms with Crippen LogP contribution in [0.2, 0.25) is 0 Å². The molecule has 1 aromatic rings. The van der Waals surface area contributed by atoms with E-state index >= 15 is 0 Å². The van der Waals surface area contributed by atoms with E-state index in [4.69, 9.17) is 5.26 Å². The summed E-state index contributed by atoms with van der Waals surface area (Å²) in [6.45, 7) is -0.941. The lowest BCUT2D eigenvalue weighted by atomic mass is 10.2. The quantitative estimate of drug-likeness (QED) is 0.839. The molecule has 0 bridgehead atoms. The van der Waals surface area contributed by atoms with E-state index in [0.717, 1.165) is 5.69 Å². The molecular weight excluding hydrogens is 214 g/mol. The van der Waals surface area contributed by atoms with Crippen LogP contribution in [0.15, 0.2) is 24.3 Å². The lowest BCUT2D eigenvalue weighted by Gasteiger charge is -2.12. The number of ether oxygens (including phenoxy) is 1. The molecule has 0 fully saturated rings. The fraction of sp³-hybridized carbons (Fsp3) is 0.364. The van der Waals surface area contributed by atoms with Crippen LogP contribution < -0.4 is 10.1 Å². The molecule has 0 amide bonds. The minimum Gasteiger partial charge on any atom is -0.435 e. The maximum atomic E-state index is 11.9. The van der Waals surface area contributed by atoms with Gasteiger partial charge in [-0.3, -0.25) is 0 Å². The standard InChI is InChI=1S/C11H12F2N2O/c1-8(6-7-14)15-9-2-4-10(5-3-9)16-11(12)13/h2-5,8,11,15H,6H2,1H3. The van der Waals surface area contributed by atoms with E-state index in [1.165, 1.54) is 12.1 Å². The minimum absolute atomic E-state index is 0.0202. The van der Waals surface area contributed by atoms with E-state index in [9.17, 15) is 8.78 Å². The largest absolute Gasteiger partial charge is 0.435 e. The van der Waals surface area contributed by atoms with Gasteiger partial charge in [0.1, 0.15) is 5.75 Å². The third-order valence-electron chi connectivity index (χ3n) is 1.89. The van der Waals surface area contributed by atoms with Crippen LogP contribution in [-0.4, -0.2) is 12.7 Å². The molecular formula is C11H12F2N2O. The van der Waals surface area contributed by atoms with Gasteiger partial charge in [0, 0.05) is 11.7 Å². The van der Waals surface area contributed by atoms with Crippen molar-refractivity contribution in [1.29, 1.82) is 5.26 Å². The molecule has 1 unspecified atom stereocenters. The maximum absolute atomic E-state index is 11.9. The van der Waals surface area contributed by atoms with E-state index in [2.05, 4.69) is 10.1 Å². The first kappa shape index (κ1) is 12.2. The first-order valence-electron chi connectivity index (χ1n) is 4.80. The normalized spacial score (nSPS) is 11.9. The van der Waals surface area contributed by atoms with Gasteiger partial charge < -0.3 is 10.1 Å². The van der Waals surface area contributed by atoms with Crippen molar-refractivity contribution < 1.29 is 13.5 Å². The van der Waals surface area contributed by atoms with Gasteiger partial charge in [0.2, 0.25) is 0 Å². The summed E-state index contributed by atoms with van der Waals surface area (Å²) in [6.07, 6.45) is 0.384. The summed E-state index contributed by atoms with van der Waals surface area (Å²) >= 11 is 0. The number of anilines is 1. The maximum Gasteiger partial charge on any atom is 0.387 e. The van der Waals surface area contributed by atoms with Gasteiger partial charge in [-0.25, -0.2) is 0 Å². The number of hydrogen-bond donors (Lipinski definition) is 1. The van der Waals surface area contributed by atoms with E-state index in [-0.39, 0.29) is 11.8 Å². The number of hydrogen-bond acceptors (Lipinski definition) is 3. The summed E-state index contributed by atoms with van der Waals surface area (Å²) in [5.41, 5.74) is 0.768. The molecule has 3 nitrogen and oxygen atoms in total. The van der Waals surface area contributed by atoms with Gasteiger partial charge in [0.05, 0.1) is 12.5 Å². The molecule has 86 valence electrons. The molecule has 0 saturated heterocycles. The number of nitrogens with zero attached hydrogens (tertiary/aromatic N) is 1. The molecule has 1 aromatic carbocycles. The van der Waals surface area contributed by atoms with Crippen molar-refractivity contribution in [1.82, 2.24) is 0 Å². The van der Waals surface area contributed by atoms with Crippen molar-refractivity contribution in [2.24, 2.45) is 0 Å². The number of rotatable bonds is 5. The molecule has 1 N–H and O–H groups in total. The van der Waals surface area contributed by atoms with Gasteiger partial charge in [-0.1, -0.05) is 0 Å². The Kier molecular flexibility index (Phi) is 4.52. The zero-order valence-corrected chi connectivity index (χ0v) is 8.78. The SMILES string of the molecule is CC(CC#N)Nc1ccc(OC(F)F)cc1. The minimum atomic E-state index is -2.81. The molecule has 0 aliphatic heterocycles. The Labute approximate surface area is 92.6 Å². The average Bonchev–Trinajstić information content (AvgIpc) is 2.20. The lowest BCUT2D eigenvalue weighted by Crippen LogP contribution is -2.13. The van der Waals surface area contributed by atoms with E-state index in [1.54, 1.807) is 12.1 Å². The van der Waals surface area contributed by atoms with Gasteiger partial charge in [0.25, 0.3) is 0 Å². The zero-order chi connectivity index (χ0) is 12.0.